The molecule has 0 heterocycles. The standard InChI is InChI=1S/C16H25NO4/c1-19-15-3-2-4-16(9-15)21-12-14(18)10-17-7-8-20-11-13-5-6-13/h2-4,9,13-14,17-18H,5-8,10-12H2,1H3. The van der Waals surface area contributed by atoms with Gasteiger partial charge in [0, 0.05) is 25.8 Å². The summed E-state index contributed by atoms with van der Waals surface area (Å²) >= 11 is 0. The smallest absolute Gasteiger partial charge is 0.123 e. The summed E-state index contributed by atoms with van der Waals surface area (Å²) in [6.07, 6.45) is 2.08. The van der Waals surface area contributed by atoms with E-state index in [1.807, 2.05) is 18.2 Å². The van der Waals surface area contributed by atoms with Crippen LogP contribution in [0.5, 0.6) is 11.5 Å². The van der Waals surface area contributed by atoms with Gasteiger partial charge < -0.3 is 24.6 Å². The molecule has 1 aromatic carbocycles. The summed E-state index contributed by atoms with van der Waals surface area (Å²) in [6.45, 7) is 3.08. The average Bonchev–Trinajstić information content (AvgIpc) is 3.33. The number of rotatable bonds is 11. The lowest BCUT2D eigenvalue weighted by molar-refractivity contribution is 0.0966. The highest BCUT2D eigenvalue weighted by atomic mass is 16.5. The molecule has 0 spiro atoms. The third-order valence-corrected chi connectivity index (χ3v) is 3.34. The molecule has 118 valence electrons. The monoisotopic (exact) mass is 295 g/mol. The highest BCUT2D eigenvalue weighted by Gasteiger charge is 2.20. The average molecular weight is 295 g/mol. The second kappa shape index (κ2) is 8.87. The van der Waals surface area contributed by atoms with Crippen molar-refractivity contribution in [3.63, 3.8) is 0 Å². The van der Waals surface area contributed by atoms with Crippen LogP contribution in [0.25, 0.3) is 0 Å². The van der Waals surface area contributed by atoms with Crippen molar-refractivity contribution in [1.29, 1.82) is 0 Å². The fourth-order valence-corrected chi connectivity index (χ4v) is 1.89. The predicted octanol–water partition coefficient (Wildman–Crippen LogP) is 1.45. The highest BCUT2D eigenvalue weighted by Crippen LogP contribution is 2.28. The van der Waals surface area contributed by atoms with E-state index in [0.717, 1.165) is 24.8 Å². The van der Waals surface area contributed by atoms with E-state index >= 15 is 0 Å². The van der Waals surface area contributed by atoms with E-state index in [2.05, 4.69) is 5.32 Å². The molecule has 1 atom stereocenters. The van der Waals surface area contributed by atoms with E-state index in [-0.39, 0.29) is 6.61 Å². The number of hydrogen-bond acceptors (Lipinski definition) is 5. The lowest BCUT2D eigenvalue weighted by Gasteiger charge is -2.13. The van der Waals surface area contributed by atoms with Gasteiger partial charge in [0.25, 0.3) is 0 Å². The first-order chi connectivity index (χ1) is 10.3. The van der Waals surface area contributed by atoms with Crippen LogP contribution in [0.1, 0.15) is 12.8 Å². The Hall–Kier alpha value is -1.30. The van der Waals surface area contributed by atoms with Crippen LogP contribution >= 0.6 is 0 Å². The zero-order valence-electron chi connectivity index (χ0n) is 12.6. The number of benzene rings is 1. The van der Waals surface area contributed by atoms with Gasteiger partial charge in [0.1, 0.15) is 24.2 Å². The second-order valence-corrected chi connectivity index (χ2v) is 5.37. The number of hydrogen-bond donors (Lipinski definition) is 2. The second-order valence-electron chi connectivity index (χ2n) is 5.37. The summed E-state index contributed by atoms with van der Waals surface area (Å²) in [6, 6.07) is 7.35. The molecule has 2 N–H and O–H groups in total. The van der Waals surface area contributed by atoms with E-state index in [1.54, 1.807) is 13.2 Å². The molecule has 1 saturated carbocycles. The van der Waals surface area contributed by atoms with Crippen molar-refractivity contribution in [3.05, 3.63) is 24.3 Å². The molecular formula is C16H25NO4. The maximum Gasteiger partial charge on any atom is 0.123 e. The van der Waals surface area contributed by atoms with E-state index in [1.165, 1.54) is 12.8 Å². The Morgan fingerprint density at radius 2 is 2.14 bits per heavy atom. The summed E-state index contributed by atoms with van der Waals surface area (Å²) in [5, 5.41) is 13.0. The molecule has 0 amide bonds. The highest BCUT2D eigenvalue weighted by molar-refractivity contribution is 5.32. The maximum atomic E-state index is 9.83. The van der Waals surface area contributed by atoms with Crippen LogP contribution in [0, 0.1) is 5.92 Å². The van der Waals surface area contributed by atoms with Crippen molar-refractivity contribution in [3.8, 4) is 11.5 Å². The molecule has 0 radical (unpaired) electrons. The minimum Gasteiger partial charge on any atom is -0.497 e. The molecule has 2 rings (SSSR count). The van der Waals surface area contributed by atoms with Crippen LogP contribution in [-0.2, 0) is 4.74 Å². The number of nitrogens with one attached hydrogen (secondary N) is 1. The van der Waals surface area contributed by atoms with E-state index in [9.17, 15) is 5.11 Å². The van der Waals surface area contributed by atoms with Crippen LogP contribution in [0.2, 0.25) is 0 Å². The lowest BCUT2D eigenvalue weighted by atomic mass is 10.3. The van der Waals surface area contributed by atoms with Crippen molar-refractivity contribution in [1.82, 2.24) is 5.32 Å². The fourth-order valence-electron chi connectivity index (χ4n) is 1.89. The molecular weight excluding hydrogens is 270 g/mol. The molecule has 0 aromatic heterocycles. The van der Waals surface area contributed by atoms with Crippen LogP contribution in [-0.4, -0.2) is 51.2 Å². The molecule has 1 aromatic rings. The van der Waals surface area contributed by atoms with Gasteiger partial charge in [-0.15, -0.1) is 0 Å². The summed E-state index contributed by atoms with van der Waals surface area (Å²) < 4.78 is 16.1. The summed E-state index contributed by atoms with van der Waals surface area (Å²) in [5.74, 6) is 2.24. The minimum atomic E-state index is -0.542. The van der Waals surface area contributed by atoms with Crippen molar-refractivity contribution in [2.75, 3.05) is 40.0 Å². The third-order valence-electron chi connectivity index (χ3n) is 3.34. The van der Waals surface area contributed by atoms with Crippen molar-refractivity contribution in [2.45, 2.75) is 18.9 Å². The van der Waals surface area contributed by atoms with Gasteiger partial charge in [-0.3, -0.25) is 0 Å². The number of aliphatic hydroxyl groups excluding tert-OH is 1. The van der Waals surface area contributed by atoms with Gasteiger partial charge >= 0.3 is 0 Å². The predicted molar refractivity (Wildman–Crippen MR) is 80.9 cm³/mol. The maximum absolute atomic E-state index is 9.83. The number of aliphatic hydroxyl groups is 1. The van der Waals surface area contributed by atoms with Gasteiger partial charge in [-0.25, -0.2) is 0 Å². The molecule has 0 aliphatic heterocycles. The molecule has 0 bridgehead atoms. The molecule has 1 unspecified atom stereocenters. The number of methoxy groups -OCH3 is 1. The normalized spacial score (nSPS) is 15.7. The zero-order chi connectivity index (χ0) is 14.9. The van der Waals surface area contributed by atoms with Gasteiger partial charge in [-0.2, -0.15) is 0 Å². The summed E-state index contributed by atoms with van der Waals surface area (Å²) in [4.78, 5) is 0. The Balaban J connectivity index is 1.50. The first-order valence-electron chi connectivity index (χ1n) is 7.51. The van der Waals surface area contributed by atoms with Crippen molar-refractivity contribution >= 4 is 0 Å². The van der Waals surface area contributed by atoms with E-state index in [0.29, 0.717) is 18.9 Å². The molecule has 5 nitrogen and oxygen atoms in total. The largest absolute Gasteiger partial charge is 0.497 e. The molecule has 1 fully saturated rings. The molecule has 21 heavy (non-hydrogen) atoms. The minimum absolute atomic E-state index is 0.253. The lowest BCUT2D eigenvalue weighted by Crippen LogP contribution is -2.33. The quantitative estimate of drug-likeness (QED) is 0.605. The van der Waals surface area contributed by atoms with Crippen LogP contribution in [0.4, 0.5) is 0 Å². The Bertz CT molecular complexity index is 409. The van der Waals surface area contributed by atoms with Gasteiger partial charge in [-0.05, 0) is 30.9 Å². The Morgan fingerprint density at radius 1 is 1.33 bits per heavy atom. The van der Waals surface area contributed by atoms with Gasteiger partial charge in [0.05, 0.1) is 13.7 Å². The third kappa shape index (κ3) is 6.80. The Kier molecular flexibility index (Phi) is 6.79. The summed E-state index contributed by atoms with van der Waals surface area (Å²) in [5.41, 5.74) is 0. The van der Waals surface area contributed by atoms with Crippen molar-refractivity contribution < 1.29 is 19.3 Å². The van der Waals surface area contributed by atoms with E-state index in [4.69, 9.17) is 14.2 Å². The van der Waals surface area contributed by atoms with Gasteiger partial charge in [-0.1, -0.05) is 6.07 Å². The molecule has 1 aliphatic carbocycles. The molecule has 0 saturated heterocycles. The van der Waals surface area contributed by atoms with Crippen molar-refractivity contribution in [2.24, 2.45) is 5.92 Å². The Labute approximate surface area is 126 Å². The summed E-state index contributed by atoms with van der Waals surface area (Å²) in [7, 11) is 1.61. The fraction of sp³-hybridized carbons (Fsp3) is 0.625. The van der Waals surface area contributed by atoms with Gasteiger partial charge in [0.15, 0.2) is 0 Å². The Morgan fingerprint density at radius 3 is 2.90 bits per heavy atom. The van der Waals surface area contributed by atoms with Crippen LogP contribution in [0.3, 0.4) is 0 Å². The van der Waals surface area contributed by atoms with E-state index < -0.39 is 6.10 Å². The van der Waals surface area contributed by atoms with Crippen LogP contribution in [0.15, 0.2) is 24.3 Å². The zero-order valence-corrected chi connectivity index (χ0v) is 12.6. The molecule has 1 aliphatic rings. The topological polar surface area (TPSA) is 60.0 Å². The molecule has 5 heteroatoms. The SMILES string of the molecule is COc1cccc(OCC(O)CNCCOCC2CC2)c1. The first kappa shape index (κ1) is 16.1. The van der Waals surface area contributed by atoms with Gasteiger partial charge in [0.2, 0.25) is 0 Å². The number of ether oxygens (including phenoxy) is 3. The first-order valence-corrected chi connectivity index (χ1v) is 7.51. The van der Waals surface area contributed by atoms with Crippen LogP contribution < -0.4 is 14.8 Å².